The Hall–Kier alpha value is -0.820. The maximum absolute atomic E-state index is 3.83. The highest BCUT2D eigenvalue weighted by Crippen LogP contribution is 2.21. The van der Waals surface area contributed by atoms with Gasteiger partial charge in [-0.2, -0.15) is 0 Å². The molecule has 1 aliphatic carbocycles. The fourth-order valence-corrected chi connectivity index (χ4v) is 3.16. The molecule has 1 fully saturated rings. The molecule has 0 aromatic heterocycles. The number of benzene rings is 1. The molecule has 19 heavy (non-hydrogen) atoms. The first-order chi connectivity index (χ1) is 9.29. The second-order valence-electron chi connectivity index (χ2n) is 6.07. The molecule has 1 N–H and O–H groups in total. The lowest BCUT2D eigenvalue weighted by Crippen LogP contribution is -2.31. The molecule has 1 saturated carbocycles. The van der Waals surface area contributed by atoms with Crippen LogP contribution in [0.3, 0.4) is 0 Å². The van der Waals surface area contributed by atoms with Gasteiger partial charge in [0.25, 0.3) is 0 Å². The minimum Gasteiger partial charge on any atom is -0.307 e. The minimum absolute atomic E-state index is 0.485. The van der Waals surface area contributed by atoms with Crippen LogP contribution in [-0.2, 0) is 6.42 Å². The molecule has 0 saturated heterocycles. The zero-order valence-corrected chi connectivity index (χ0v) is 12.6. The normalized spacial score (nSPS) is 19.1. The van der Waals surface area contributed by atoms with Crippen molar-refractivity contribution in [3.8, 4) is 0 Å². The molecular formula is C18H29N. The van der Waals surface area contributed by atoms with Crippen molar-refractivity contribution in [2.45, 2.75) is 77.3 Å². The molecule has 0 heterocycles. The van der Waals surface area contributed by atoms with Crippen LogP contribution < -0.4 is 5.32 Å². The van der Waals surface area contributed by atoms with Crippen LogP contribution in [0.25, 0.3) is 0 Å². The van der Waals surface area contributed by atoms with Gasteiger partial charge in [-0.05, 0) is 37.3 Å². The van der Waals surface area contributed by atoms with E-state index in [4.69, 9.17) is 0 Å². The summed E-state index contributed by atoms with van der Waals surface area (Å²) in [6.45, 7) is 4.55. The Morgan fingerprint density at radius 1 is 1.05 bits per heavy atom. The van der Waals surface area contributed by atoms with E-state index in [1.54, 1.807) is 0 Å². The van der Waals surface area contributed by atoms with E-state index in [-0.39, 0.29) is 0 Å². The first-order valence-electron chi connectivity index (χ1n) is 8.14. The van der Waals surface area contributed by atoms with Crippen LogP contribution in [0.4, 0.5) is 0 Å². The third-order valence-corrected chi connectivity index (χ3v) is 4.36. The van der Waals surface area contributed by atoms with Gasteiger partial charge in [-0.15, -0.1) is 0 Å². The second kappa shape index (κ2) is 7.69. The van der Waals surface area contributed by atoms with Gasteiger partial charge in [-0.3, -0.25) is 0 Å². The highest BCUT2D eigenvalue weighted by atomic mass is 14.9. The summed E-state index contributed by atoms with van der Waals surface area (Å²) >= 11 is 0. The van der Waals surface area contributed by atoms with Crippen molar-refractivity contribution in [3.63, 3.8) is 0 Å². The van der Waals surface area contributed by atoms with Crippen LogP contribution in [0.15, 0.2) is 24.3 Å². The monoisotopic (exact) mass is 259 g/mol. The molecule has 0 aliphatic heterocycles. The van der Waals surface area contributed by atoms with E-state index in [9.17, 15) is 0 Å². The highest BCUT2D eigenvalue weighted by Gasteiger charge is 2.15. The van der Waals surface area contributed by atoms with Gasteiger partial charge < -0.3 is 5.32 Å². The van der Waals surface area contributed by atoms with Crippen molar-refractivity contribution >= 4 is 0 Å². The summed E-state index contributed by atoms with van der Waals surface area (Å²) in [5.41, 5.74) is 2.90. The zero-order chi connectivity index (χ0) is 13.5. The quantitative estimate of drug-likeness (QED) is 0.733. The molecule has 0 bridgehead atoms. The molecule has 1 unspecified atom stereocenters. The number of aryl methyl sites for hydroxylation is 1. The summed E-state index contributed by atoms with van der Waals surface area (Å²) in [4.78, 5) is 0. The van der Waals surface area contributed by atoms with Gasteiger partial charge >= 0.3 is 0 Å². The summed E-state index contributed by atoms with van der Waals surface area (Å²) in [5, 5.41) is 3.83. The lowest BCUT2D eigenvalue weighted by molar-refractivity contribution is 0.414. The maximum atomic E-state index is 3.83. The van der Waals surface area contributed by atoms with Crippen LogP contribution in [0, 0.1) is 0 Å². The Morgan fingerprint density at radius 2 is 1.68 bits per heavy atom. The van der Waals surface area contributed by atoms with Crippen molar-refractivity contribution in [3.05, 3.63) is 35.4 Å². The molecule has 1 aliphatic rings. The van der Waals surface area contributed by atoms with E-state index in [0.717, 1.165) is 6.04 Å². The molecule has 1 atom stereocenters. The Morgan fingerprint density at radius 3 is 2.26 bits per heavy atom. The van der Waals surface area contributed by atoms with Crippen molar-refractivity contribution in [1.82, 2.24) is 5.32 Å². The second-order valence-corrected chi connectivity index (χ2v) is 6.07. The number of hydrogen-bond donors (Lipinski definition) is 1. The van der Waals surface area contributed by atoms with E-state index < -0.39 is 0 Å². The molecule has 1 aromatic rings. The van der Waals surface area contributed by atoms with Gasteiger partial charge in [-0.25, -0.2) is 0 Å². The van der Waals surface area contributed by atoms with Crippen LogP contribution in [0.2, 0.25) is 0 Å². The zero-order valence-electron chi connectivity index (χ0n) is 12.6. The van der Waals surface area contributed by atoms with E-state index in [2.05, 4.69) is 43.4 Å². The topological polar surface area (TPSA) is 12.0 Å². The molecule has 0 amide bonds. The largest absolute Gasteiger partial charge is 0.307 e. The molecule has 2 rings (SSSR count). The Bertz CT molecular complexity index is 346. The summed E-state index contributed by atoms with van der Waals surface area (Å²) in [7, 11) is 0. The Labute approximate surface area is 118 Å². The number of rotatable bonds is 5. The molecule has 1 aromatic carbocycles. The van der Waals surface area contributed by atoms with Crippen molar-refractivity contribution in [2.24, 2.45) is 0 Å². The number of nitrogens with one attached hydrogen (secondary N) is 1. The van der Waals surface area contributed by atoms with Crippen molar-refractivity contribution in [2.75, 3.05) is 0 Å². The van der Waals surface area contributed by atoms with Gasteiger partial charge in [-0.1, -0.05) is 63.3 Å². The van der Waals surface area contributed by atoms with Crippen LogP contribution in [0.1, 0.15) is 76.0 Å². The van der Waals surface area contributed by atoms with E-state index >= 15 is 0 Å². The minimum atomic E-state index is 0.485. The van der Waals surface area contributed by atoms with Crippen LogP contribution >= 0.6 is 0 Å². The molecule has 0 spiro atoms. The predicted molar refractivity (Wildman–Crippen MR) is 83.5 cm³/mol. The summed E-state index contributed by atoms with van der Waals surface area (Å²) in [6.07, 6.45) is 10.8. The lowest BCUT2D eigenvalue weighted by atomic mass is 10.0. The highest BCUT2D eigenvalue weighted by molar-refractivity contribution is 5.24. The summed E-state index contributed by atoms with van der Waals surface area (Å²) < 4.78 is 0. The number of hydrogen-bond acceptors (Lipinski definition) is 1. The third-order valence-electron chi connectivity index (χ3n) is 4.36. The molecular weight excluding hydrogens is 230 g/mol. The predicted octanol–water partition coefficient (Wildman–Crippen LogP) is 5.01. The molecule has 106 valence electrons. The maximum Gasteiger partial charge on any atom is 0.0294 e. The van der Waals surface area contributed by atoms with Crippen LogP contribution in [0.5, 0.6) is 0 Å². The lowest BCUT2D eigenvalue weighted by Gasteiger charge is -2.22. The average molecular weight is 259 g/mol. The SMILES string of the molecule is CCCc1ccc(C(C)NC2CCCCCC2)cc1. The smallest absolute Gasteiger partial charge is 0.0294 e. The Balaban J connectivity index is 1.89. The van der Waals surface area contributed by atoms with Gasteiger partial charge in [0.2, 0.25) is 0 Å². The Kier molecular flexibility index (Phi) is 5.91. The fraction of sp³-hybridized carbons (Fsp3) is 0.667. The van der Waals surface area contributed by atoms with Crippen molar-refractivity contribution in [1.29, 1.82) is 0 Å². The summed E-state index contributed by atoms with van der Waals surface area (Å²) in [6, 6.07) is 10.4. The van der Waals surface area contributed by atoms with E-state index in [1.807, 2.05) is 0 Å². The first kappa shape index (κ1) is 14.6. The molecule has 0 radical (unpaired) electrons. The fourth-order valence-electron chi connectivity index (χ4n) is 3.16. The van der Waals surface area contributed by atoms with Gasteiger partial charge in [0.05, 0.1) is 0 Å². The van der Waals surface area contributed by atoms with Gasteiger partial charge in [0, 0.05) is 12.1 Å². The van der Waals surface area contributed by atoms with E-state index in [1.165, 1.54) is 62.5 Å². The van der Waals surface area contributed by atoms with Gasteiger partial charge in [0.1, 0.15) is 0 Å². The van der Waals surface area contributed by atoms with Gasteiger partial charge in [0.15, 0.2) is 0 Å². The van der Waals surface area contributed by atoms with E-state index in [0.29, 0.717) is 6.04 Å². The third kappa shape index (κ3) is 4.65. The molecule has 1 heteroatoms. The molecule has 1 nitrogen and oxygen atoms in total. The van der Waals surface area contributed by atoms with Crippen LogP contribution in [-0.4, -0.2) is 6.04 Å². The average Bonchev–Trinajstić information content (AvgIpc) is 2.68. The summed E-state index contributed by atoms with van der Waals surface area (Å²) in [5.74, 6) is 0. The van der Waals surface area contributed by atoms with Crippen molar-refractivity contribution < 1.29 is 0 Å². The first-order valence-corrected chi connectivity index (χ1v) is 8.14. The standard InChI is InChI=1S/C18H29N/c1-3-8-16-11-13-17(14-12-16)15(2)19-18-9-6-4-5-7-10-18/h11-15,18-19H,3-10H2,1-2H3.